The summed E-state index contributed by atoms with van der Waals surface area (Å²) in [6.07, 6.45) is 3.80. The van der Waals surface area contributed by atoms with Crippen LogP contribution < -0.4 is 5.32 Å². The molecule has 1 aliphatic rings. The second kappa shape index (κ2) is 6.91. The molecule has 1 atom stereocenters. The van der Waals surface area contributed by atoms with Crippen molar-refractivity contribution in [1.29, 1.82) is 0 Å². The number of carbonyl (C=O) groups excluding carboxylic acids is 1. The normalized spacial score (nSPS) is 17.7. The van der Waals surface area contributed by atoms with E-state index in [1.54, 1.807) is 12.1 Å². The monoisotopic (exact) mass is 317 g/mol. The number of nitrogens with zero attached hydrogens (tertiary/aromatic N) is 2. The predicted octanol–water partition coefficient (Wildman–Crippen LogP) is 2.23. The van der Waals surface area contributed by atoms with Crippen LogP contribution in [-0.2, 0) is 11.2 Å². The third-order valence-corrected chi connectivity index (χ3v) is 4.11. The Morgan fingerprint density at radius 2 is 2.22 bits per heavy atom. The molecule has 2 aromatic rings. The van der Waals surface area contributed by atoms with Crippen LogP contribution in [0, 0.1) is 5.82 Å². The van der Waals surface area contributed by atoms with E-state index in [4.69, 9.17) is 4.42 Å². The van der Waals surface area contributed by atoms with Gasteiger partial charge in [-0.3, -0.25) is 4.79 Å². The van der Waals surface area contributed by atoms with Gasteiger partial charge < -0.3 is 14.6 Å². The molecule has 5 nitrogen and oxygen atoms in total. The molecule has 2 heterocycles. The first-order valence-corrected chi connectivity index (χ1v) is 7.82. The van der Waals surface area contributed by atoms with Gasteiger partial charge in [-0.1, -0.05) is 0 Å². The van der Waals surface area contributed by atoms with Gasteiger partial charge >= 0.3 is 0 Å². The van der Waals surface area contributed by atoms with E-state index in [9.17, 15) is 9.18 Å². The van der Waals surface area contributed by atoms with E-state index in [0.717, 1.165) is 25.9 Å². The Kier molecular flexibility index (Phi) is 4.71. The minimum absolute atomic E-state index is 0.0710. The molecule has 0 radical (unpaired) electrons. The number of hydrogen-bond acceptors (Lipinski definition) is 4. The van der Waals surface area contributed by atoms with Gasteiger partial charge in [-0.05, 0) is 44.2 Å². The lowest BCUT2D eigenvalue weighted by atomic mass is 10.2. The summed E-state index contributed by atoms with van der Waals surface area (Å²) in [5.41, 5.74) is 1.30. The molecule has 0 bridgehead atoms. The van der Waals surface area contributed by atoms with E-state index in [2.05, 4.69) is 10.3 Å². The van der Waals surface area contributed by atoms with E-state index in [1.807, 2.05) is 11.9 Å². The number of likely N-dealkylation sites (N-methyl/N-ethyl adjacent to an activating group) is 1. The SMILES string of the molecule is CNCC1CCCN1C(=O)Cc1coc(-c2ccc(F)cc2)n1. The van der Waals surface area contributed by atoms with Crippen LogP contribution in [0.25, 0.3) is 11.5 Å². The van der Waals surface area contributed by atoms with Crippen LogP contribution in [0.5, 0.6) is 0 Å². The van der Waals surface area contributed by atoms with Crippen LogP contribution in [0.15, 0.2) is 34.9 Å². The van der Waals surface area contributed by atoms with Crippen molar-refractivity contribution in [2.75, 3.05) is 20.1 Å². The fraction of sp³-hybridized carbons (Fsp3) is 0.412. The van der Waals surface area contributed by atoms with Gasteiger partial charge in [0.1, 0.15) is 12.1 Å². The van der Waals surface area contributed by atoms with Crippen molar-refractivity contribution in [3.63, 3.8) is 0 Å². The minimum atomic E-state index is -0.305. The summed E-state index contributed by atoms with van der Waals surface area (Å²) in [5.74, 6) is 0.169. The maximum atomic E-state index is 12.9. The van der Waals surface area contributed by atoms with Crippen molar-refractivity contribution in [2.45, 2.75) is 25.3 Å². The molecule has 0 aliphatic carbocycles. The van der Waals surface area contributed by atoms with Gasteiger partial charge in [0.05, 0.1) is 12.1 Å². The summed E-state index contributed by atoms with van der Waals surface area (Å²) in [6.45, 7) is 1.61. The molecule has 1 amide bonds. The van der Waals surface area contributed by atoms with Gasteiger partial charge in [0.25, 0.3) is 0 Å². The van der Waals surface area contributed by atoms with Gasteiger partial charge in [-0.2, -0.15) is 0 Å². The number of amides is 1. The first kappa shape index (κ1) is 15.7. The number of oxazole rings is 1. The number of rotatable bonds is 5. The Morgan fingerprint density at radius 3 is 2.96 bits per heavy atom. The second-order valence-corrected chi connectivity index (χ2v) is 5.77. The number of likely N-dealkylation sites (tertiary alicyclic amines) is 1. The first-order chi connectivity index (χ1) is 11.2. The molecule has 0 spiro atoms. The van der Waals surface area contributed by atoms with Gasteiger partial charge in [0, 0.05) is 24.7 Å². The zero-order chi connectivity index (χ0) is 16.2. The van der Waals surface area contributed by atoms with Gasteiger partial charge in [-0.25, -0.2) is 9.37 Å². The fourth-order valence-electron chi connectivity index (χ4n) is 2.98. The molecule has 0 saturated carbocycles. The highest BCUT2D eigenvalue weighted by atomic mass is 19.1. The number of halogens is 1. The Morgan fingerprint density at radius 1 is 1.43 bits per heavy atom. The Balaban J connectivity index is 1.66. The molecule has 1 saturated heterocycles. The first-order valence-electron chi connectivity index (χ1n) is 7.82. The quantitative estimate of drug-likeness (QED) is 0.919. The van der Waals surface area contributed by atoms with E-state index in [0.29, 0.717) is 17.1 Å². The van der Waals surface area contributed by atoms with Crippen LogP contribution in [-0.4, -0.2) is 42.0 Å². The largest absolute Gasteiger partial charge is 0.444 e. The molecule has 1 aromatic heterocycles. The van der Waals surface area contributed by atoms with Crippen molar-refractivity contribution < 1.29 is 13.6 Å². The lowest BCUT2D eigenvalue weighted by Gasteiger charge is -2.24. The molecule has 1 aromatic carbocycles. The van der Waals surface area contributed by atoms with Crippen LogP contribution in [0.2, 0.25) is 0 Å². The van der Waals surface area contributed by atoms with Crippen LogP contribution in [0.3, 0.4) is 0 Å². The average molecular weight is 317 g/mol. The summed E-state index contributed by atoms with van der Waals surface area (Å²) >= 11 is 0. The van der Waals surface area contributed by atoms with Gasteiger partial charge in [0.15, 0.2) is 0 Å². The smallest absolute Gasteiger partial charge is 0.229 e. The van der Waals surface area contributed by atoms with Crippen molar-refractivity contribution >= 4 is 5.91 Å². The van der Waals surface area contributed by atoms with Gasteiger partial charge in [-0.15, -0.1) is 0 Å². The molecule has 3 rings (SSSR count). The highest BCUT2D eigenvalue weighted by molar-refractivity contribution is 5.79. The standard InChI is InChI=1S/C17H20FN3O2/c1-19-10-15-3-2-8-21(15)16(22)9-14-11-23-17(20-14)12-4-6-13(18)7-5-12/h4-7,11,15,19H,2-3,8-10H2,1H3. The molecule has 6 heteroatoms. The number of hydrogen-bond donors (Lipinski definition) is 1. The Hall–Kier alpha value is -2.21. The van der Waals surface area contributed by atoms with Crippen LogP contribution in [0.4, 0.5) is 4.39 Å². The van der Waals surface area contributed by atoms with E-state index in [1.165, 1.54) is 18.4 Å². The summed E-state index contributed by atoms with van der Waals surface area (Å²) in [5, 5.41) is 3.13. The summed E-state index contributed by atoms with van der Waals surface area (Å²) < 4.78 is 18.4. The summed E-state index contributed by atoms with van der Waals surface area (Å²) in [7, 11) is 1.90. The average Bonchev–Trinajstić information content (AvgIpc) is 3.18. The van der Waals surface area contributed by atoms with Crippen molar-refractivity contribution in [2.24, 2.45) is 0 Å². The van der Waals surface area contributed by atoms with Gasteiger partial charge in [0.2, 0.25) is 11.8 Å². The lowest BCUT2D eigenvalue weighted by molar-refractivity contribution is -0.131. The third kappa shape index (κ3) is 3.59. The van der Waals surface area contributed by atoms with Crippen LogP contribution in [0.1, 0.15) is 18.5 Å². The molecule has 1 unspecified atom stereocenters. The molecular weight excluding hydrogens is 297 g/mol. The Bertz CT molecular complexity index is 669. The minimum Gasteiger partial charge on any atom is -0.444 e. The Labute approximate surface area is 134 Å². The molecule has 1 fully saturated rings. The number of benzene rings is 1. The fourth-order valence-corrected chi connectivity index (χ4v) is 2.98. The number of aromatic nitrogens is 1. The zero-order valence-corrected chi connectivity index (χ0v) is 13.1. The third-order valence-electron chi connectivity index (χ3n) is 4.11. The van der Waals surface area contributed by atoms with E-state index < -0.39 is 0 Å². The lowest BCUT2D eigenvalue weighted by Crippen LogP contribution is -2.41. The summed E-state index contributed by atoms with van der Waals surface area (Å²) in [4.78, 5) is 18.7. The maximum Gasteiger partial charge on any atom is 0.229 e. The molecule has 23 heavy (non-hydrogen) atoms. The van der Waals surface area contributed by atoms with E-state index in [-0.39, 0.29) is 24.2 Å². The summed E-state index contributed by atoms with van der Waals surface area (Å²) in [6, 6.07) is 6.19. The molecule has 122 valence electrons. The molecule has 1 N–H and O–H groups in total. The molecular formula is C17H20FN3O2. The topological polar surface area (TPSA) is 58.4 Å². The maximum absolute atomic E-state index is 12.9. The van der Waals surface area contributed by atoms with E-state index >= 15 is 0 Å². The highest BCUT2D eigenvalue weighted by Gasteiger charge is 2.28. The van der Waals surface area contributed by atoms with Crippen LogP contribution >= 0.6 is 0 Å². The number of nitrogens with one attached hydrogen (secondary N) is 1. The number of carbonyl (C=O) groups is 1. The van der Waals surface area contributed by atoms with Crippen molar-refractivity contribution in [1.82, 2.24) is 15.2 Å². The van der Waals surface area contributed by atoms with Crippen molar-refractivity contribution in [3.8, 4) is 11.5 Å². The van der Waals surface area contributed by atoms with Crippen molar-refractivity contribution in [3.05, 3.63) is 42.0 Å². The second-order valence-electron chi connectivity index (χ2n) is 5.77. The highest BCUT2D eigenvalue weighted by Crippen LogP contribution is 2.21. The molecule has 1 aliphatic heterocycles. The zero-order valence-electron chi connectivity index (χ0n) is 13.1. The predicted molar refractivity (Wildman–Crippen MR) is 84.3 cm³/mol.